The molecule has 1 aliphatic rings. The number of nitrogens with one attached hydrogen (secondary N) is 2. The second-order valence-electron chi connectivity index (χ2n) is 3.86. The Morgan fingerprint density at radius 1 is 1.44 bits per heavy atom. The van der Waals surface area contributed by atoms with Gasteiger partial charge in [0.2, 0.25) is 5.91 Å². The summed E-state index contributed by atoms with van der Waals surface area (Å²) in [5, 5.41) is 2.70. The molecule has 0 aliphatic carbocycles. The Balaban J connectivity index is 2.11. The molecule has 0 saturated carbocycles. The number of hydrazine groups is 1. The van der Waals surface area contributed by atoms with Gasteiger partial charge in [0.05, 0.1) is 18.9 Å². The molecule has 1 aromatic heterocycles. The van der Waals surface area contributed by atoms with Crippen LogP contribution in [0.25, 0.3) is 0 Å². The molecule has 4 N–H and O–H groups in total. The van der Waals surface area contributed by atoms with E-state index in [4.69, 9.17) is 5.84 Å². The topological polar surface area (TPSA) is 113 Å². The highest BCUT2D eigenvalue weighted by Crippen LogP contribution is 2.05. The average molecular weight is 250 g/mol. The van der Waals surface area contributed by atoms with Crippen LogP contribution in [0, 0.1) is 0 Å². The Kier molecular flexibility index (Phi) is 3.68. The number of hydrogen-bond acceptors (Lipinski definition) is 6. The first-order valence-electron chi connectivity index (χ1n) is 5.55. The van der Waals surface area contributed by atoms with Gasteiger partial charge in [0.25, 0.3) is 5.91 Å². The summed E-state index contributed by atoms with van der Waals surface area (Å²) in [7, 11) is 0. The van der Waals surface area contributed by atoms with Gasteiger partial charge >= 0.3 is 0 Å². The second-order valence-corrected chi connectivity index (χ2v) is 3.86. The lowest BCUT2D eigenvalue weighted by Crippen LogP contribution is -2.37. The minimum atomic E-state index is -0.303. The van der Waals surface area contributed by atoms with Crippen molar-refractivity contribution in [1.82, 2.24) is 20.2 Å². The van der Waals surface area contributed by atoms with Crippen LogP contribution in [0.5, 0.6) is 0 Å². The van der Waals surface area contributed by atoms with Crippen LogP contribution in [0.15, 0.2) is 12.4 Å². The maximum absolute atomic E-state index is 12.1. The number of nitrogens with zero attached hydrogens (tertiary/aromatic N) is 3. The summed E-state index contributed by atoms with van der Waals surface area (Å²) < 4.78 is 0. The number of carbonyl (C=O) groups excluding carboxylic acids is 2. The predicted octanol–water partition coefficient (Wildman–Crippen LogP) is -1.28. The molecule has 1 fully saturated rings. The summed E-state index contributed by atoms with van der Waals surface area (Å²) in [5.41, 5.74) is 2.52. The van der Waals surface area contributed by atoms with Crippen molar-refractivity contribution in [3.8, 4) is 0 Å². The molecular weight excluding hydrogens is 236 g/mol. The number of nitrogens with two attached hydrogens (primary N) is 1. The van der Waals surface area contributed by atoms with Crippen LogP contribution in [-0.2, 0) is 4.79 Å². The first kappa shape index (κ1) is 12.2. The number of nitrogen functional groups attached to an aromatic ring is 1. The molecular formula is C10H14N6O2. The molecule has 2 amide bonds. The van der Waals surface area contributed by atoms with Crippen molar-refractivity contribution in [2.24, 2.45) is 5.84 Å². The molecule has 1 saturated heterocycles. The number of amides is 2. The standard InChI is InChI=1S/C10H14N6O2/c11-15-8-5-13-7(4-14-8)10(18)16-3-1-2-12-9(17)6-16/h4-5H,1-3,6,11H2,(H,12,17)(H,14,15). The summed E-state index contributed by atoms with van der Waals surface area (Å²) >= 11 is 0. The Morgan fingerprint density at radius 2 is 2.28 bits per heavy atom. The highest BCUT2D eigenvalue weighted by molar-refractivity contribution is 5.94. The van der Waals surface area contributed by atoms with Gasteiger partial charge in [-0.25, -0.2) is 15.8 Å². The minimum Gasteiger partial charge on any atom is -0.354 e. The van der Waals surface area contributed by atoms with E-state index in [1.54, 1.807) is 0 Å². The molecule has 0 aromatic carbocycles. The molecule has 8 heteroatoms. The fraction of sp³-hybridized carbons (Fsp3) is 0.400. The van der Waals surface area contributed by atoms with Crippen LogP contribution in [0.4, 0.5) is 5.82 Å². The zero-order valence-electron chi connectivity index (χ0n) is 9.72. The smallest absolute Gasteiger partial charge is 0.274 e. The van der Waals surface area contributed by atoms with Crippen molar-refractivity contribution in [1.29, 1.82) is 0 Å². The zero-order valence-corrected chi connectivity index (χ0v) is 9.72. The molecule has 2 rings (SSSR count). The lowest BCUT2D eigenvalue weighted by Gasteiger charge is -2.18. The molecule has 1 aliphatic heterocycles. The van der Waals surface area contributed by atoms with Gasteiger partial charge < -0.3 is 15.6 Å². The Hall–Kier alpha value is -2.22. The molecule has 0 spiro atoms. The van der Waals surface area contributed by atoms with Crippen LogP contribution in [0.2, 0.25) is 0 Å². The summed E-state index contributed by atoms with van der Waals surface area (Å²) in [4.78, 5) is 32.8. The third-order valence-corrected chi connectivity index (χ3v) is 2.57. The van der Waals surface area contributed by atoms with E-state index in [2.05, 4.69) is 20.7 Å². The number of rotatable bonds is 2. The van der Waals surface area contributed by atoms with E-state index >= 15 is 0 Å². The fourth-order valence-electron chi connectivity index (χ4n) is 1.65. The Bertz CT molecular complexity index is 446. The van der Waals surface area contributed by atoms with E-state index in [0.29, 0.717) is 18.9 Å². The summed E-state index contributed by atoms with van der Waals surface area (Å²) in [6.07, 6.45) is 3.43. The van der Waals surface area contributed by atoms with Crippen molar-refractivity contribution in [2.75, 3.05) is 25.1 Å². The minimum absolute atomic E-state index is 0.0530. The van der Waals surface area contributed by atoms with Crippen molar-refractivity contribution in [3.05, 3.63) is 18.1 Å². The van der Waals surface area contributed by atoms with Gasteiger partial charge in [-0.3, -0.25) is 9.59 Å². The van der Waals surface area contributed by atoms with Crippen LogP contribution in [-0.4, -0.2) is 46.3 Å². The molecule has 96 valence electrons. The third kappa shape index (κ3) is 2.72. The first-order valence-corrected chi connectivity index (χ1v) is 5.55. The molecule has 8 nitrogen and oxygen atoms in total. The van der Waals surface area contributed by atoms with E-state index < -0.39 is 0 Å². The van der Waals surface area contributed by atoms with Crippen LogP contribution >= 0.6 is 0 Å². The first-order chi connectivity index (χ1) is 8.70. The van der Waals surface area contributed by atoms with Gasteiger partial charge in [-0.2, -0.15) is 0 Å². The van der Waals surface area contributed by atoms with E-state index in [1.165, 1.54) is 17.3 Å². The van der Waals surface area contributed by atoms with Crippen molar-refractivity contribution in [3.63, 3.8) is 0 Å². The Morgan fingerprint density at radius 3 is 2.94 bits per heavy atom. The number of carbonyl (C=O) groups is 2. The molecule has 0 atom stereocenters. The molecule has 0 unspecified atom stereocenters. The Labute approximate surface area is 104 Å². The zero-order chi connectivity index (χ0) is 13.0. The monoisotopic (exact) mass is 250 g/mol. The molecule has 0 radical (unpaired) electrons. The summed E-state index contributed by atoms with van der Waals surface area (Å²) in [6, 6.07) is 0. The SMILES string of the molecule is NNc1cnc(C(=O)N2CCCNC(=O)C2)cn1. The maximum atomic E-state index is 12.1. The van der Waals surface area contributed by atoms with Gasteiger partial charge in [0, 0.05) is 13.1 Å². The van der Waals surface area contributed by atoms with Crippen LogP contribution in [0.1, 0.15) is 16.9 Å². The van der Waals surface area contributed by atoms with E-state index in [0.717, 1.165) is 6.42 Å². The fourth-order valence-corrected chi connectivity index (χ4v) is 1.65. The van der Waals surface area contributed by atoms with Crippen molar-refractivity contribution >= 4 is 17.6 Å². The molecule has 18 heavy (non-hydrogen) atoms. The lowest BCUT2D eigenvalue weighted by molar-refractivity contribution is -0.121. The summed E-state index contributed by atoms with van der Waals surface area (Å²) in [6.45, 7) is 1.16. The maximum Gasteiger partial charge on any atom is 0.274 e. The van der Waals surface area contributed by atoms with Gasteiger partial charge in [-0.15, -0.1) is 0 Å². The van der Waals surface area contributed by atoms with Crippen molar-refractivity contribution < 1.29 is 9.59 Å². The molecule has 1 aromatic rings. The number of aromatic nitrogens is 2. The average Bonchev–Trinajstić information content (AvgIpc) is 2.63. The van der Waals surface area contributed by atoms with Gasteiger partial charge in [0.1, 0.15) is 5.69 Å². The van der Waals surface area contributed by atoms with E-state index in [9.17, 15) is 9.59 Å². The molecule has 2 heterocycles. The number of anilines is 1. The van der Waals surface area contributed by atoms with Crippen molar-refractivity contribution in [2.45, 2.75) is 6.42 Å². The van der Waals surface area contributed by atoms with Gasteiger partial charge in [-0.05, 0) is 6.42 Å². The highest BCUT2D eigenvalue weighted by atomic mass is 16.2. The number of hydrogen-bond donors (Lipinski definition) is 3. The molecule has 0 bridgehead atoms. The van der Waals surface area contributed by atoms with Crippen LogP contribution in [0.3, 0.4) is 0 Å². The van der Waals surface area contributed by atoms with E-state index in [-0.39, 0.29) is 24.1 Å². The predicted molar refractivity (Wildman–Crippen MR) is 63.4 cm³/mol. The largest absolute Gasteiger partial charge is 0.354 e. The highest BCUT2D eigenvalue weighted by Gasteiger charge is 2.21. The van der Waals surface area contributed by atoms with Crippen LogP contribution < -0.4 is 16.6 Å². The quantitative estimate of drug-likeness (QED) is 0.445. The third-order valence-electron chi connectivity index (χ3n) is 2.57. The second kappa shape index (κ2) is 5.41. The van der Waals surface area contributed by atoms with Gasteiger partial charge in [-0.1, -0.05) is 0 Å². The normalized spacial score (nSPS) is 15.8. The van der Waals surface area contributed by atoms with E-state index in [1.807, 2.05) is 0 Å². The lowest BCUT2D eigenvalue weighted by atomic mass is 10.3. The van der Waals surface area contributed by atoms with Gasteiger partial charge in [0.15, 0.2) is 5.82 Å². The summed E-state index contributed by atoms with van der Waals surface area (Å²) in [5.74, 6) is 5.07.